The first kappa shape index (κ1) is 11.6. The number of rotatable bonds is 3. The number of hydrogen-bond acceptors (Lipinski definition) is 3. The van der Waals surface area contributed by atoms with Crippen LogP contribution in [0.5, 0.6) is 11.5 Å². The first-order chi connectivity index (χ1) is 6.97. The molecule has 0 bridgehead atoms. The van der Waals surface area contributed by atoms with Crippen molar-refractivity contribution in [2.75, 3.05) is 7.11 Å². The Balaban J connectivity index is 3.36. The third-order valence-corrected chi connectivity index (χ3v) is 2.06. The maximum atomic E-state index is 13.3. The van der Waals surface area contributed by atoms with Gasteiger partial charge in [-0.3, -0.25) is 4.79 Å². The molecule has 15 heavy (non-hydrogen) atoms. The largest absolute Gasteiger partial charge is 0.505 e. The van der Waals surface area contributed by atoms with Crippen molar-refractivity contribution in [1.82, 2.24) is 0 Å². The number of aromatic hydroxyl groups is 1. The average molecular weight is 235 g/mol. The van der Waals surface area contributed by atoms with Crippen molar-refractivity contribution < 1.29 is 24.1 Å². The second kappa shape index (κ2) is 4.35. The van der Waals surface area contributed by atoms with E-state index in [0.717, 1.165) is 6.07 Å². The van der Waals surface area contributed by atoms with Gasteiger partial charge in [-0.15, -0.1) is 0 Å². The van der Waals surface area contributed by atoms with Crippen LogP contribution >= 0.6 is 11.6 Å². The van der Waals surface area contributed by atoms with Crippen molar-refractivity contribution in [1.29, 1.82) is 0 Å². The van der Waals surface area contributed by atoms with Gasteiger partial charge in [0.2, 0.25) is 0 Å². The quantitative estimate of drug-likeness (QED) is 0.837. The Bertz CT molecular complexity index is 406. The van der Waals surface area contributed by atoms with Crippen molar-refractivity contribution >= 4 is 17.6 Å². The van der Waals surface area contributed by atoms with Crippen LogP contribution < -0.4 is 4.74 Å². The second-order valence-corrected chi connectivity index (χ2v) is 3.18. The van der Waals surface area contributed by atoms with E-state index in [9.17, 15) is 9.18 Å². The first-order valence-electron chi connectivity index (χ1n) is 3.93. The monoisotopic (exact) mass is 234 g/mol. The van der Waals surface area contributed by atoms with Crippen LogP contribution in [-0.2, 0) is 11.2 Å². The number of carboxylic acids is 1. The average Bonchev–Trinajstić information content (AvgIpc) is 2.13. The van der Waals surface area contributed by atoms with Gasteiger partial charge in [0.25, 0.3) is 0 Å². The predicted molar refractivity (Wildman–Crippen MR) is 51.0 cm³/mol. The fourth-order valence-electron chi connectivity index (χ4n) is 1.18. The summed E-state index contributed by atoms with van der Waals surface area (Å²) in [6.45, 7) is 0. The maximum Gasteiger partial charge on any atom is 0.308 e. The molecular weight excluding hydrogens is 227 g/mol. The minimum absolute atomic E-state index is 0.0346. The van der Waals surface area contributed by atoms with E-state index in [1.165, 1.54) is 7.11 Å². The number of phenols is 1. The van der Waals surface area contributed by atoms with Crippen LogP contribution in [0.4, 0.5) is 4.39 Å². The summed E-state index contributed by atoms with van der Waals surface area (Å²) in [5.41, 5.74) is -0.269. The predicted octanol–water partition coefficient (Wildman–Crippen LogP) is 1.82. The van der Waals surface area contributed by atoms with Crippen LogP contribution in [0.15, 0.2) is 6.07 Å². The Morgan fingerprint density at radius 3 is 2.73 bits per heavy atom. The molecule has 1 aromatic carbocycles. The molecule has 0 radical (unpaired) electrons. The molecule has 6 heteroatoms. The highest BCUT2D eigenvalue weighted by Crippen LogP contribution is 2.36. The van der Waals surface area contributed by atoms with Gasteiger partial charge in [-0.1, -0.05) is 11.6 Å². The molecule has 0 unspecified atom stereocenters. The smallest absolute Gasteiger partial charge is 0.308 e. The third-order valence-electron chi connectivity index (χ3n) is 1.78. The lowest BCUT2D eigenvalue weighted by Gasteiger charge is -2.10. The lowest BCUT2D eigenvalue weighted by atomic mass is 10.1. The van der Waals surface area contributed by atoms with E-state index in [4.69, 9.17) is 26.6 Å². The zero-order chi connectivity index (χ0) is 11.6. The molecule has 0 aliphatic heterocycles. The highest BCUT2D eigenvalue weighted by Gasteiger charge is 2.19. The molecule has 0 spiro atoms. The van der Waals surface area contributed by atoms with Crippen molar-refractivity contribution in [3.8, 4) is 11.5 Å². The van der Waals surface area contributed by atoms with Crippen LogP contribution in [0.1, 0.15) is 5.56 Å². The summed E-state index contributed by atoms with van der Waals surface area (Å²) < 4.78 is 18.1. The summed E-state index contributed by atoms with van der Waals surface area (Å²) in [5.74, 6) is -3.04. The SMILES string of the molecule is COc1c(Cl)cc(O)c(F)c1CC(=O)O. The molecule has 0 saturated heterocycles. The van der Waals surface area contributed by atoms with Crippen molar-refractivity contribution in [3.63, 3.8) is 0 Å². The fourth-order valence-corrected chi connectivity index (χ4v) is 1.47. The number of ether oxygens (including phenoxy) is 1. The fraction of sp³-hybridized carbons (Fsp3) is 0.222. The number of methoxy groups -OCH3 is 1. The summed E-state index contributed by atoms with van der Waals surface area (Å²) >= 11 is 5.65. The van der Waals surface area contributed by atoms with Gasteiger partial charge in [0.15, 0.2) is 11.6 Å². The van der Waals surface area contributed by atoms with Crippen LogP contribution in [0.3, 0.4) is 0 Å². The lowest BCUT2D eigenvalue weighted by Crippen LogP contribution is -2.05. The molecule has 2 N–H and O–H groups in total. The number of halogens is 2. The Kier molecular flexibility index (Phi) is 3.36. The zero-order valence-corrected chi connectivity index (χ0v) is 8.51. The van der Waals surface area contributed by atoms with Gasteiger partial charge in [0.1, 0.15) is 5.75 Å². The number of hydrogen-bond donors (Lipinski definition) is 2. The van der Waals surface area contributed by atoms with Gasteiger partial charge in [-0.2, -0.15) is 0 Å². The normalized spacial score (nSPS) is 10.1. The third kappa shape index (κ3) is 2.30. The van der Waals surface area contributed by atoms with Gasteiger partial charge in [0.05, 0.1) is 18.6 Å². The molecule has 1 aromatic rings. The summed E-state index contributed by atoms with van der Waals surface area (Å²) in [6.07, 6.45) is -0.608. The number of aliphatic carboxylic acids is 1. The van der Waals surface area contributed by atoms with Crippen LogP contribution in [-0.4, -0.2) is 23.3 Å². The minimum atomic E-state index is -1.24. The van der Waals surface area contributed by atoms with Gasteiger partial charge in [0, 0.05) is 11.6 Å². The van der Waals surface area contributed by atoms with Crippen molar-refractivity contribution in [2.45, 2.75) is 6.42 Å². The Morgan fingerprint density at radius 2 is 2.27 bits per heavy atom. The second-order valence-electron chi connectivity index (χ2n) is 2.77. The molecule has 0 atom stereocenters. The molecule has 0 amide bonds. The number of carboxylic acid groups (broad SMARTS) is 1. The topological polar surface area (TPSA) is 66.8 Å². The van der Waals surface area contributed by atoms with Crippen LogP contribution in [0.25, 0.3) is 0 Å². The first-order valence-corrected chi connectivity index (χ1v) is 4.30. The van der Waals surface area contributed by atoms with Crippen LogP contribution in [0, 0.1) is 5.82 Å². The highest BCUT2D eigenvalue weighted by atomic mass is 35.5. The molecule has 0 aliphatic carbocycles. The minimum Gasteiger partial charge on any atom is -0.505 e. The van der Waals surface area contributed by atoms with E-state index in [-0.39, 0.29) is 16.3 Å². The number of benzene rings is 1. The maximum absolute atomic E-state index is 13.3. The molecular formula is C9H8ClFO4. The molecule has 1 rings (SSSR count). The van der Waals surface area contributed by atoms with E-state index < -0.39 is 24.0 Å². The van der Waals surface area contributed by atoms with Gasteiger partial charge in [-0.25, -0.2) is 4.39 Å². The molecule has 0 heterocycles. The Labute approximate surface area is 89.9 Å². The van der Waals surface area contributed by atoms with E-state index in [1.54, 1.807) is 0 Å². The number of phenolic OH excluding ortho intramolecular Hbond substituents is 1. The van der Waals surface area contributed by atoms with Gasteiger partial charge < -0.3 is 14.9 Å². The van der Waals surface area contributed by atoms with E-state index >= 15 is 0 Å². The summed E-state index contributed by atoms with van der Waals surface area (Å²) in [4.78, 5) is 10.5. The van der Waals surface area contributed by atoms with E-state index in [1.807, 2.05) is 0 Å². The summed E-state index contributed by atoms with van der Waals surface area (Å²) in [6, 6.07) is 0.959. The Hall–Kier alpha value is -1.49. The summed E-state index contributed by atoms with van der Waals surface area (Å²) in [7, 11) is 1.24. The molecule has 4 nitrogen and oxygen atoms in total. The standard InChI is InChI=1S/C9H8ClFO4/c1-15-9-4(2-7(13)14)8(11)6(12)3-5(9)10/h3,12H,2H2,1H3,(H,13,14). The molecule has 82 valence electrons. The molecule has 0 aromatic heterocycles. The Morgan fingerprint density at radius 1 is 1.67 bits per heavy atom. The van der Waals surface area contributed by atoms with E-state index in [0.29, 0.717) is 0 Å². The number of carbonyl (C=O) groups is 1. The molecule has 0 aliphatic rings. The summed E-state index contributed by atoms with van der Waals surface area (Å²) in [5, 5.41) is 17.6. The lowest BCUT2D eigenvalue weighted by molar-refractivity contribution is -0.136. The highest BCUT2D eigenvalue weighted by molar-refractivity contribution is 6.32. The van der Waals surface area contributed by atoms with Crippen molar-refractivity contribution in [2.24, 2.45) is 0 Å². The molecule has 0 saturated carbocycles. The van der Waals surface area contributed by atoms with Gasteiger partial charge in [-0.05, 0) is 0 Å². The molecule has 0 fully saturated rings. The van der Waals surface area contributed by atoms with Gasteiger partial charge >= 0.3 is 5.97 Å². The van der Waals surface area contributed by atoms with Crippen molar-refractivity contribution in [3.05, 3.63) is 22.5 Å². The zero-order valence-electron chi connectivity index (χ0n) is 7.75. The van der Waals surface area contributed by atoms with Crippen LogP contribution in [0.2, 0.25) is 5.02 Å². The van der Waals surface area contributed by atoms with E-state index in [2.05, 4.69) is 0 Å².